The summed E-state index contributed by atoms with van der Waals surface area (Å²) in [6.07, 6.45) is 0. The topological polar surface area (TPSA) is 26.3 Å². The van der Waals surface area contributed by atoms with Gasteiger partial charge in [0.25, 0.3) is 0 Å². The minimum atomic E-state index is -1.52. The van der Waals surface area contributed by atoms with Crippen LogP contribution in [0.2, 0.25) is 0 Å². The number of carbonyl (C=O) groups is 1. The van der Waals surface area contributed by atoms with E-state index in [0.717, 1.165) is 0 Å². The third-order valence-electron chi connectivity index (χ3n) is 0.349. The molecule has 2 nitrogen and oxygen atoms in total. The molecular weight excluding hydrogens is 254 g/mol. The van der Waals surface area contributed by atoms with Crippen molar-refractivity contribution >= 4 is 55.6 Å². The van der Waals surface area contributed by atoms with Crippen LogP contribution in [0, 0.1) is 0 Å². The quantitative estimate of drug-likeness (QED) is 0.532. The van der Waals surface area contributed by atoms with Crippen LogP contribution in [0.15, 0.2) is 0 Å². The van der Waals surface area contributed by atoms with Crippen molar-refractivity contribution in [2.45, 2.75) is 3.79 Å². The highest BCUT2D eigenvalue weighted by Crippen LogP contribution is 2.26. The molecule has 0 aromatic heterocycles. The Morgan fingerprint density at radius 1 is 1.56 bits per heavy atom. The Morgan fingerprint density at radius 2 is 2.00 bits per heavy atom. The Kier molecular flexibility index (Phi) is 4.21. The Bertz CT molecular complexity index is 110. The molecule has 0 fully saturated rings. The lowest BCUT2D eigenvalue weighted by molar-refractivity contribution is 0.179. The van der Waals surface area contributed by atoms with Gasteiger partial charge in [0, 0.05) is 15.9 Å². The summed E-state index contributed by atoms with van der Waals surface area (Å²) >= 11 is 18.1. The third-order valence-corrected chi connectivity index (χ3v) is 0.906. The van der Waals surface area contributed by atoms with E-state index in [2.05, 4.69) is 20.7 Å². The number of hydrogen-bond donors (Lipinski definition) is 0. The maximum atomic E-state index is 10.0. The molecule has 9 heavy (non-hydrogen) atoms. The zero-order valence-electron chi connectivity index (χ0n) is 4.04. The van der Waals surface area contributed by atoms with E-state index in [1.165, 1.54) is 0 Å². The SMILES string of the molecule is O=C(Br)OCC(Cl)(Cl)Cl. The Morgan fingerprint density at radius 3 is 2.11 bits per heavy atom. The molecule has 0 heterocycles. The highest BCUT2D eigenvalue weighted by Gasteiger charge is 2.21. The van der Waals surface area contributed by atoms with E-state index < -0.39 is 8.67 Å². The van der Waals surface area contributed by atoms with Crippen LogP contribution in [0.1, 0.15) is 0 Å². The lowest BCUT2D eigenvalue weighted by atomic mass is 10.8. The predicted molar refractivity (Wildman–Crippen MR) is 40.6 cm³/mol. The maximum absolute atomic E-state index is 10.0. The average molecular weight is 256 g/mol. The van der Waals surface area contributed by atoms with Gasteiger partial charge >= 0.3 is 4.88 Å². The van der Waals surface area contributed by atoms with Crippen molar-refractivity contribution in [3.63, 3.8) is 0 Å². The Hall–Kier alpha value is 0.820. The summed E-state index contributed by atoms with van der Waals surface area (Å²) in [4.78, 5) is 9.36. The fourth-order valence-electron chi connectivity index (χ4n) is 0.139. The predicted octanol–water partition coefficient (Wildman–Crippen LogP) is 2.89. The van der Waals surface area contributed by atoms with Crippen LogP contribution in [0.5, 0.6) is 0 Å². The number of ether oxygens (including phenoxy) is 1. The molecule has 0 aliphatic rings. The van der Waals surface area contributed by atoms with Crippen molar-refractivity contribution in [2.24, 2.45) is 0 Å². The number of alkyl halides is 3. The normalized spacial score (nSPS) is 11.1. The molecule has 0 bridgehead atoms. The largest absolute Gasteiger partial charge is 0.453 e. The van der Waals surface area contributed by atoms with E-state index >= 15 is 0 Å². The molecule has 0 aromatic carbocycles. The molecule has 0 spiro atoms. The van der Waals surface area contributed by atoms with Crippen LogP contribution in [0.4, 0.5) is 4.79 Å². The average Bonchev–Trinajstić information content (AvgIpc) is 1.59. The zero-order valence-corrected chi connectivity index (χ0v) is 7.89. The first-order valence-electron chi connectivity index (χ1n) is 1.81. The summed E-state index contributed by atoms with van der Waals surface area (Å²) in [6, 6.07) is 0. The van der Waals surface area contributed by atoms with Gasteiger partial charge in [0.2, 0.25) is 3.79 Å². The molecule has 0 amide bonds. The number of halogens is 4. The standard InChI is InChI=1S/C3H2BrCl3O2/c4-2(8)9-1-3(5,6)7/h1H2. The van der Waals surface area contributed by atoms with E-state index in [9.17, 15) is 4.79 Å². The molecule has 0 saturated heterocycles. The van der Waals surface area contributed by atoms with E-state index in [-0.39, 0.29) is 6.61 Å². The summed E-state index contributed by atoms with van der Waals surface area (Å²) in [5, 5.41) is 0. The molecule has 0 radical (unpaired) electrons. The van der Waals surface area contributed by atoms with Crippen molar-refractivity contribution < 1.29 is 9.53 Å². The van der Waals surface area contributed by atoms with E-state index in [1.807, 2.05) is 0 Å². The van der Waals surface area contributed by atoms with Gasteiger partial charge < -0.3 is 4.74 Å². The van der Waals surface area contributed by atoms with Crippen molar-refractivity contribution in [1.29, 1.82) is 0 Å². The summed E-state index contributed by atoms with van der Waals surface area (Å²) in [6.45, 7) is -0.248. The van der Waals surface area contributed by atoms with Gasteiger partial charge in [-0.2, -0.15) is 0 Å². The first-order chi connectivity index (χ1) is 3.92. The summed E-state index contributed by atoms with van der Waals surface area (Å²) < 4.78 is 2.76. The number of hydrogen-bond acceptors (Lipinski definition) is 2. The van der Waals surface area contributed by atoms with Gasteiger partial charge in [-0.3, -0.25) is 0 Å². The molecule has 0 rings (SSSR count). The molecule has 54 valence electrons. The molecule has 0 N–H and O–H groups in total. The van der Waals surface area contributed by atoms with Crippen LogP contribution in [0.25, 0.3) is 0 Å². The summed E-state index contributed by atoms with van der Waals surface area (Å²) in [5.41, 5.74) is 0. The lowest BCUT2D eigenvalue weighted by Gasteiger charge is -2.08. The van der Waals surface area contributed by atoms with Gasteiger partial charge in [-0.15, -0.1) is 0 Å². The molecule has 0 saturated carbocycles. The van der Waals surface area contributed by atoms with E-state index in [4.69, 9.17) is 34.8 Å². The number of rotatable bonds is 1. The highest BCUT2D eigenvalue weighted by atomic mass is 79.9. The molecule has 0 aliphatic carbocycles. The summed E-state index contributed by atoms with van der Waals surface area (Å²) in [5.74, 6) is 0. The monoisotopic (exact) mass is 254 g/mol. The molecule has 0 atom stereocenters. The smallest absolute Gasteiger partial charge is 0.374 e. The van der Waals surface area contributed by atoms with Gasteiger partial charge in [0.1, 0.15) is 6.61 Å². The Labute approximate surface area is 75.5 Å². The fraction of sp³-hybridized carbons (Fsp3) is 0.667. The molecule has 0 unspecified atom stereocenters. The van der Waals surface area contributed by atoms with Crippen molar-refractivity contribution in [3.05, 3.63) is 0 Å². The van der Waals surface area contributed by atoms with Gasteiger partial charge in [-0.05, 0) is 0 Å². The van der Waals surface area contributed by atoms with Crippen molar-refractivity contribution in [2.75, 3.05) is 6.61 Å². The molecule has 6 heteroatoms. The second-order valence-corrected chi connectivity index (χ2v) is 4.31. The fourth-order valence-corrected chi connectivity index (χ4v) is 0.417. The molecular formula is C3H2BrCl3O2. The first-order valence-corrected chi connectivity index (χ1v) is 3.73. The van der Waals surface area contributed by atoms with E-state index in [0.29, 0.717) is 0 Å². The lowest BCUT2D eigenvalue weighted by Crippen LogP contribution is -2.13. The van der Waals surface area contributed by atoms with Crippen LogP contribution in [-0.2, 0) is 4.74 Å². The van der Waals surface area contributed by atoms with Gasteiger partial charge in [0.05, 0.1) is 0 Å². The summed E-state index contributed by atoms with van der Waals surface area (Å²) in [7, 11) is 0. The van der Waals surface area contributed by atoms with Gasteiger partial charge in [-0.25, -0.2) is 4.79 Å². The molecule has 0 aromatic rings. The van der Waals surface area contributed by atoms with Gasteiger partial charge in [-0.1, -0.05) is 34.8 Å². The van der Waals surface area contributed by atoms with Crippen molar-refractivity contribution in [3.8, 4) is 0 Å². The molecule has 0 aliphatic heterocycles. The third kappa shape index (κ3) is 8.82. The van der Waals surface area contributed by atoms with Crippen LogP contribution in [-0.4, -0.2) is 15.3 Å². The van der Waals surface area contributed by atoms with Crippen LogP contribution in [0.3, 0.4) is 0 Å². The van der Waals surface area contributed by atoms with E-state index in [1.54, 1.807) is 0 Å². The first kappa shape index (κ1) is 9.82. The highest BCUT2D eigenvalue weighted by molar-refractivity contribution is 9.18. The Balaban J connectivity index is 3.39. The van der Waals surface area contributed by atoms with Crippen molar-refractivity contribution in [1.82, 2.24) is 0 Å². The minimum Gasteiger partial charge on any atom is -0.453 e. The minimum absolute atomic E-state index is 0.248. The zero-order chi connectivity index (χ0) is 7.49. The van der Waals surface area contributed by atoms with Crippen LogP contribution < -0.4 is 0 Å². The maximum Gasteiger partial charge on any atom is 0.374 e. The van der Waals surface area contributed by atoms with Crippen LogP contribution >= 0.6 is 50.7 Å². The second kappa shape index (κ2) is 3.86. The second-order valence-electron chi connectivity index (χ2n) is 1.14. The van der Waals surface area contributed by atoms with Gasteiger partial charge in [0.15, 0.2) is 0 Å². The number of carbonyl (C=O) groups excluding carboxylic acids is 1.